The highest BCUT2D eigenvalue weighted by Gasteiger charge is 1.92. The smallest absolute Gasteiger partial charge is 0.123 e. The van der Waals surface area contributed by atoms with E-state index in [9.17, 15) is 8.78 Å². The minimum atomic E-state index is -0.155. The molecule has 162 valence electrons. The molecule has 0 bridgehead atoms. The van der Waals surface area contributed by atoms with Gasteiger partial charge in [-0.25, -0.2) is 8.78 Å². The second-order valence-corrected chi connectivity index (χ2v) is 7.92. The lowest BCUT2D eigenvalue weighted by Crippen LogP contribution is -1.80. The summed E-state index contributed by atoms with van der Waals surface area (Å²) in [5.41, 5.74) is 4.29. The summed E-state index contributed by atoms with van der Waals surface area (Å²) in [6.07, 6.45) is 0. The van der Waals surface area contributed by atoms with Gasteiger partial charge in [-0.05, 0) is 86.1 Å². The van der Waals surface area contributed by atoms with Crippen molar-refractivity contribution in [3.8, 4) is 0 Å². The lowest BCUT2D eigenvalue weighted by atomic mass is 10.1. The largest absolute Gasteiger partial charge is 0.207 e. The molecule has 0 saturated heterocycles. The van der Waals surface area contributed by atoms with Crippen LogP contribution >= 0.6 is 0 Å². The third kappa shape index (κ3) is 22.3. The highest BCUT2D eigenvalue weighted by Crippen LogP contribution is 2.08. The Morgan fingerprint density at radius 1 is 0.500 bits per heavy atom. The summed E-state index contributed by atoms with van der Waals surface area (Å²) in [5.74, 6) is 1.36. The summed E-state index contributed by atoms with van der Waals surface area (Å²) in [7, 11) is 0. The van der Waals surface area contributed by atoms with Crippen LogP contribution in [0.2, 0.25) is 0 Å². The van der Waals surface area contributed by atoms with Crippen molar-refractivity contribution in [2.75, 3.05) is 0 Å². The highest BCUT2D eigenvalue weighted by molar-refractivity contribution is 5.25. The lowest BCUT2D eigenvalue weighted by molar-refractivity contribution is 0.625. The molecule has 0 atom stereocenters. The van der Waals surface area contributed by atoms with Crippen LogP contribution in [0.4, 0.5) is 8.78 Å². The fourth-order valence-electron chi connectivity index (χ4n) is 1.41. The number of rotatable bonds is 0. The minimum absolute atomic E-state index is 0.155. The molecule has 0 fully saturated rings. The SMILES string of the molecule is CC.CC(C)C.CC(C)C.Cc1ccc(F)cc1C.Cc1ccc(F)cc1C. The molecule has 0 aliphatic carbocycles. The fourth-order valence-corrected chi connectivity index (χ4v) is 1.41. The zero-order chi connectivity index (χ0) is 22.9. The standard InChI is InChI=1S/2C8H9F.2C4H10.C2H6/c2*1-6-3-4-8(9)5-7(6)2;2*1-4(2)3;1-2/h2*3-5H,1-2H3;2*4H,1-3H3;1-2H3. The number of aryl methyl sites for hydroxylation is 4. The van der Waals surface area contributed by atoms with Gasteiger partial charge < -0.3 is 0 Å². The summed E-state index contributed by atoms with van der Waals surface area (Å²) < 4.78 is 24.7. The summed E-state index contributed by atoms with van der Waals surface area (Å²) in [5, 5.41) is 0. The topological polar surface area (TPSA) is 0 Å². The first-order chi connectivity index (χ1) is 12.9. The molecule has 0 aliphatic heterocycles. The molecule has 0 radical (unpaired) electrons. The van der Waals surface area contributed by atoms with Crippen molar-refractivity contribution < 1.29 is 8.78 Å². The number of hydrogen-bond donors (Lipinski definition) is 0. The van der Waals surface area contributed by atoms with Gasteiger partial charge in [0.1, 0.15) is 11.6 Å². The van der Waals surface area contributed by atoms with E-state index in [1.165, 1.54) is 24.3 Å². The van der Waals surface area contributed by atoms with Crippen LogP contribution in [0.3, 0.4) is 0 Å². The van der Waals surface area contributed by atoms with Gasteiger partial charge in [-0.1, -0.05) is 67.5 Å². The van der Waals surface area contributed by atoms with Crippen molar-refractivity contribution in [1.82, 2.24) is 0 Å². The summed E-state index contributed by atoms with van der Waals surface area (Å²) in [4.78, 5) is 0. The van der Waals surface area contributed by atoms with Crippen molar-refractivity contribution in [3.05, 3.63) is 70.3 Å². The van der Waals surface area contributed by atoms with Crippen LogP contribution in [0.5, 0.6) is 0 Å². The number of hydrogen-bond acceptors (Lipinski definition) is 0. The molecule has 0 amide bonds. The van der Waals surface area contributed by atoms with E-state index in [1.807, 2.05) is 41.5 Å². The molecule has 2 heteroatoms. The Balaban J connectivity index is -0.000000309. The first-order valence-corrected chi connectivity index (χ1v) is 10.3. The Hall–Kier alpha value is -1.70. The molecule has 0 saturated carbocycles. The zero-order valence-electron chi connectivity index (χ0n) is 20.4. The van der Waals surface area contributed by atoms with Gasteiger partial charge in [0.15, 0.2) is 0 Å². The quantitative estimate of drug-likeness (QED) is 0.417. The number of benzene rings is 2. The molecule has 0 N–H and O–H groups in total. The summed E-state index contributed by atoms with van der Waals surface area (Å²) in [6.45, 7) is 24.7. The van der Waals surface area contributed by atoms with Crippen LogP contribution in [0.15, 0.2) is 36.4 Å². The van der Waals surface area contributed by atoms with Crippen LogP contribution < -0.4 is 0 Å². The molecule has 28 heavy (non-hydrogen) atoms. The molecule has 0 heterocycles. The molecule has 0 aromatic heterocycles. The molecule has 0 spiro atoms. The molecular weight excluding hydrogens is 350 g/mol. The van der Waals surface area contributed by atoms with Crippen molar-refractivity contribution in [2.45, 2.75) is 83.1 Å². The summed E-state index contributed by atoms with van der Waals surface area (Å²) in [6, 6.07) is 9.59. The molecule has 2 rings (SSSR count). The van der Waals surface area contributed by atoms with Crippen molar-refractivity contribution >= 4 is 0 Å². The summed E-state index contributed by atoms with van der Waals surface area (Å²) >= 11 is 0. The van der Waals surface area contributed by atoms with Gasteiger partial charge in [-0.3, -0.25) is 0 Å². The van der Waals surface area contributed by atoms with Crippen LogP contribution in [-0.4, -0.2) is 0 Å². The maximum absolute atomic E-state index is 12.3. The Morgan fingerprint density at radius 3 is 0.857 bits per heavy atom. The van der Waals surface area contributed by atoms with Crippen LogP contribution in [0, 0.1) is 51.2 Å². The average molecular weight is 395 g/mol. The van der Waals surface area contributed by atoms with Gasteiger partial charge in [0.05, 0.1) is 0 Å². The van der Waals surface area contributed by atoms with Gasteiger partial charge in [-0.15, -0.1) is 0 Å². The van der Waals surface area contributed by atoms with E-state index in [0.717, 1.165) is 34.1 Å². The van der Waals surface area contributed by atoms with Gasteiger partial charge in [0, 0.05) is 0 Å². The fraction of sp³-hybridized carbons (Fsp3) is 0.538. The van der Waals surface area contributed by atoms with Crippen molar-refractivity contribution in [3.63, 3.8) is 0 Å². The van der Waals surface area contributed by atoms with Crippen molar-refractivity contribution in [2.24, 2.45) is 11.8 Å². The first-order valence-electron chi connectivity index (χ1n) is 10.3. The normalized spacial score (nSPS) is 9.00. The monoisotopic (exact) mass is 394 g/mol. The molecule has 0 unspecified atom stereocenters. The second-order valence-electron chi connectivity index (χ2n) is 7.92. The zero-order valence-corrected chi connectivity index (χ0v) is 20.4. The maximum Gasteiger partial charge on any atom is 0.123 e. The maximum atomic E-state index is 12.3. The van der Waals surface area contributed by atoms with Gasteiger partial charge in [-0.2, -0.15) is 0 Å². The van der Waals surface area contributed by atoms with E-state index in [4.69, 9.17) is 0 Å². The average Bonchev–Trinajstić information content (AvgIpc) is 2.56. The molecular formula is C26H44F2. The minimum Gasteiger partial charge on any atom is -0.207 e. The predicted molar refractivity (Wildman–Crippen MR) is 124 cm³/mol. The van der Waals surface area contributed by atoms with E-state index in [1.54, 1.807) is 12.1 Å². The third-order valence-corrected chi connectivity index (χ3v) is 2.94. The van der Waals surface area contributed by atoms with E-state index < -0.39 is 0 Å². The Labute approximate surface area is 174 Å². The van der Waals surface area contributed by atoms with E-state index in [-0.39, 0.29) is 11.6 Å². The number of halogens is 2. The predicted octanol–water partition coefficient (Wildman–Crippen LogP) is 9.24. The Kier molecular flexibility index (Phi) is 20.7. The van der Waals surface area contributed by atoms with Gasteiger partial charge in [0.25, 0.3) is 0 Å². The Morgan fingerprint density at radius 2 is 0.714 bits per heavy atom. The molecule has 2 aromatic rings. The van der Waals surface area contributed by atoms with E-state index in [0.29, 0.717) is 0 Å². The lowest BCUT2D eigenvalue weighted by Gasteiger charge is -1.96. The first kappa shape index (κ1) is 31.0. The Bertz CT molecular complexity index is 553. The highest BCUT2D eigenvalue weighted by atomic mass is 19.1. The van der Waals surface area contributed by atoms with Gasteiger partial charge in [0.2, 0.25) is 0 Å². The second kappa shape index (κ2) is 18.7. The van der Waals surface area contributed by atoms with Crippen molar-refractivity contribution in [1.29, 1.82) is 0 Å². The third-order valence-electron chi connectivity index (χ3n) is 2.94. The van der Waals surface area contributed by atoms with E-state index in [2.05, 4.69) is 41.5 Å². The van der Waals surface area contributed by atoms with Gasteiger partial charge >= 0.3 is 0 Å². The molecule has 2 aromatic carbocycles. The van der Waals surface area contributed by atoms with Crippen LogP contribution in [0.25, 0.3) is 0 Å². The van der Waals surface area contributed by atoms with Crippen LogP contribution in [0.1, 0.15) is 77.6 Å². The molecule has 0 aliphatic rings. The van der Waals surface area contributed by atoms with Crippen LogP contribution in [-0.2, 0) is 0 Å². The van der Waals surface area contributed by atoms with E-state index >= 15 is 0 Å². The molecule has 0 nitrogen and oxygen atoms in total.